The molecular weight excluding hydrogens is 244 g/mol. The van der Waals surface area contributed by atoms with Gasteiger partial charge in [-0.3, -0.25) is 9.59 Å². The molecule has 5 heteroatoms. The lowest BCUT2D eigenvalue weighted by Gasteiger charge is -2.35. The first-order valence-electron chi connectivity index (χ1n) is 6.72. The van der Waals surface area contributed by atoms with Gasteiger partial charge in [-0.15, -0.1) is 0 Å². The van der Waals surface area contributed by atoms with E-state index in [4.69, 9.17) is 4.42 Å². The van der Waals surface area contributed by atoms with Crippen molar-refractivity contribution < 1.29 is 14.0 Å². The zero-order chi connectivity index (χ0) is 13.6. The van der Waals surface area contributed by atoms with E-state index in [-0.39, 0.29) is 30.4 Å². The second-order valence-electron chi connectivity index (χ2n) is 5.47. The lowest BCUT2D eigenvalue weighted by atomic mass is 10.1. The van der Waals surface area contributed by atoms with Gasteiger partial charge in [-0.25, -0.2) is 0 Å². The van der Waals surface area contributed by atoms with Crippen LogP contribution in [0.4, 0.5) is 0 Å². The van der Waals surface area contributed by atoms with E-state index in [2.05, 4.69) is 5.32 Å². The van der Waals surface area contributed by atoms with Gasteiger partial charge in [0, 0.05) is 0 Å². The lowest BCUT2D eigenvalue weighted by Crippen LogP contribution is -2.59. The fourth-order valence-electron chi connectivity index (χ4n) is 2.60. The summed E-state index contributed by atoms with van der Waals surface area (Å²) in [5.74, 6) is 1.81. The van der Waals surface area contributed by atoms with Gasteiger partial charge in [0.25, 0.3) is 0 Å². The molecule has 1 aromatic rings. The van der Waals surface area contributed by atoms with Gasteiger partial charge in [0.05, 0.1) is 6.04 Å². The molecule has 2 amide bonds. The molecule has 2 atom stereocenters. The van der Waals surface area contributed by atoms with Gasteiger partial charge in [-0.2, -0.15) is 0 Å². The molecule has 1 saturated carbocycles. The van der Waals surface area contributed by atoms with Crippen LogP contribution in [0.2, 0.25) is 0 Å². The topological polar surface area (TPSA) is 62.6 Å². The Morgan fingerprint density at radius 1 is 1.37 bits per heavy atom. The molecule has 3 rings (SSSR count). The molecule has 0 spiro atoms. The normalized spacial score (nSPS) is 25.4. The average Bonchev–Trinajstić information content (AvgIpc) is 3.13. The molecule has 0 radical (unpaired) electrons. The number of rotatable bonds is 3. The Bertz CT molecular complexity index is 519. The fourth-order valence-corrected chi connectivity index (χ4v) is 2.60. The first kappa shape index (κ1) is 12.3. The van der Waals surface area contributed by atoms with Crippen molar-refractivity contribution in [3.63, 3.8) is 0 Å². The van der Waals surface area contributed by atoms with E-state index in [1.54, 1.807) is 4.90 Å². The first-order valence-corrected chi connectivity index (χ1v) is 6.72. The van der Waals surface area contributed by atoms with Gasteiger partial charge < -0.3 is 14.6 Å². The number of amides is 2. The third-order valence-corrected chi connectivity index (χ3v) is 3.91. The Morgan fingerprint density at radius 3 is 2.68 bits per heavy atom. The first-order chi connectivity index (χ1) is 9.06. The summed E-state index contributed by atoms with van der Waals surface area (Å²) in [4.78, 5) is 25.8. The molecule has 102 valence electrons. The van der Waals surface area contributed by atoms with Gasteiger partial charge >= 0.3 is 0 Å². The third kappa shape index (κ3) is 2.25. The maximum atomic E-state index is 12.4. The minimum Gasteiger partial charge on any atom is -0.464 e. The molecule has 1 N–H and O–H groups in total. The van der Waals surface area contributed by atoms with Crippen LogP contribution in [0.25, 0.3) is 0 Å². The number of piperazine rings is 1. The number of furan rings is 1. The highest BCUT2D eigenvalue weighted by molar-refractivity contribution is 5.95. The summed E-state index contributed by atoms with van der Waals surface area (Å²) in [5, 5.41) is 2.81. The number of carbonyl (C=O) groups is 2. The molecule has 0 bridgehead atoms. The van der Waals surface area contributed by atoms with Gasteiger partial charge in [-0.05, 0) is 44.7 Å². The lowest BCUT2D eigenvalue weighted by molar-refractivity contribution is -0.147. The molecule has 1 aromatic heterocycles. The van der Waals surface area contributed by atoms with Crippen LogP contribution >= 0.6 is 0 Å². The van der Waals surface area contributed by atoms with Crippen LogP contribution in [0.15, 0.2) is 16.5 Å². The van der Waals surface area contributed by atoms with Crippen LogP contribution < -0.4 is 5.32 Å². The van der Waals surface area contributed by atoms with Crippen molar-refractivity contribution in [2.75, 3.05) is 6.54 Å². The van der Waals surface area contributed by atoms with Crippen LogP contribution in [0.5, 0.6) is 0 Å². The van der Waals surface area contributed by atoms with Gasteiger partial charge in [0.1, 0.15) is 24.1 Å². The van der Waals surface area contributed by atoms with Gasteiger partial charge in [-0.1, -0.05) is 0 Å². The highest BCUT2D eigenvalue weighted by atomic mass is 16.3. The van der Waals surface area contributed by atoms with Crippen molar-refractivity contribution in [2.24, 2.45) is 5.92 Å². The van der Waals surface area contributed by atoms with Crippen molar-refractivity contribution in [3.8, 4) is 0 Å². The van der Waals surface area contributed by atoms with Crippen molar-refractivity contribution >= 4 is 11.8 Å². The number of nitrogens with one attached hydrogen (secondary N) is 1. The summed E-state index contributed by atoms with van der Waals surface area (Å²) in [6.45, 7) is 3.88. The van der Waals surface area contributed by atoms with E-state index in [0.29, 0.717) is 5.92 Å². The highest BCUT2D eigenvalue weighted by Gasteiger charge is 2.44. The van der Waals surface area contributed by atoms with Crippen molar-refractivity contribution in [2.45, 2.75) is 38.8 Å². The molecule has 1 aliphatic carbocycles. The predicted molar refractivity (Wildman–Crippen MR) is 68.2 cm³/mol. The summed E-state index contributed by atoms with van der Waals surface area (Å²) in [6.07, 6.45) is 2.05. The monoisotopic (exact) mass is 262 g/mol. The molecule has 5 nitrogen and oxygen atoms in total. The Hall–Kier alpha value is -1.78. The molecule has 0 aromatic carbocycles. The van der Waals surface area contributed by atoms with Gasteiger partial charge in [0.15, 0.2) is 0 Å². The summed E-state index contributed by atoms with van der Waals surface area (Å²) in [6, 6.07) is 3.21. The fraction of sp³-hybridized carbons (Fsp3) is 0.571. The Morgan fingerprint density at radius 2 is 2.11 bits per heavy atom. The maximum absolute atomic E-state index is 12.4. The maximum Gasteiger partial charge on any atom is 0.246 e. The quantitative estimate of drug-likeness (QED) is 0.895. The summed E-state index contributed by atoms with van der Waals surface area (Å²) in [7, 11) is 0. The minimum absolute atomic E-state index is 0.0173. The molecule has 1 aliphatic heterocycles. The second kappa shape index (κ2) is 4.40. The van der Waals surface area contributed by atoms with Crippen LogP contribution in [-0.4, -0.2) is 29.3 Å². The molecular formula is C14H18N2O3. The standard InChI is InChI=1S/C14H18N2O3/c1-8-3-6-11(19-8)9(2)16-7-12(17)15-13(14(16)18)10-4-5-10/h3,6,9-10,13H,4-5,7H2,1-2H3,(H,15,17). The Kier molecular flexibility index (Phi) is 2.84. The van der Waals surface area contributed by atoms with Crippen LogP contribution in [0.3, 0.4) is 0 Å². The van der Waals surface area contributed by atoms with E-state index >= 15 is 0 Å². The molecule has 2 aliphatic rings. The smallest absolute Gasteiger partial charge is 0.246 e. The van der Waals surface area contributed by atoms with E-state index in [9.17, 15) is 9.59 Å². The van der Waals surface area contributed by atoms with Crippen LogP contribution in [0.1, 0.15) is 37.3 Å². The Labute approximate surface area is 111 Å². The zero-order valence-corrected chi connectivity index (χ0v) is 11.2. The van der Waals surface area contributed by atoms with Crippen molar-refractivity contribution in [1.29, 1.82) is 0 Å². The number of nitrogens with zero attached hydrogens (tertiary/aromatic N) is 1. The highest BCUT2D eigenvalue weighted by Crippen LogP contribution is 2.36. The molecule has 1 saturated heterocycles. The predicted octanol–water partition coefficient (Wildman–Crippen LogP) is 1.39. The number of carbonyl (C=O) groups excluding carboxylic acids is 2. The van der Waals surface area contributed by atoms with E-state index in [1.165, 1.54) is 0 Å². The van der Waals surface area contributed by atoms with E-state index < -0.39 is 0 Å². The molecule has 19 heavy (non-hydrogen) atoms. The van der Waals surface area contributed by atoms with Crippen molar-refractivity contribution in [1.82, 2.24) is 10.2 Å². The number of aryl methyl sites for hydroxylation is 1. The van der Waals surface area contributed by atoms with Gasteiger partial charge in [0.2, 0.25) is 11.8 Å². The van der Waals surface area contributed by atoms with E-state index in [1.807, 2.05) is 26.0 Å². The van der Waals surface area contributed by atoms with Crippen LogP contribution in [0, 0.1) is 12.8 Å². The summed E-state index contributed by atoms with van der Waals surface area (Å²) < 4.78 is 5.57. The zero-order valence-electron chi connectivity index (χ0n) is 11.2. The molecule has 2 heterocycles. The summed E-state index contributed by atoms with van der Waals surface area (Å²) in [5.41, 5.74) is 0. The largest absolute Gasteiger partial charge is 0.464 e. The second-order valence-corrected chi connectivity index (χ2v) is 5.47. The SMILES string of the molecule is Cc1ccc(C(C)N2CC(=O)NC(C3CC3)C2=O)o1. The van der Waals surface area contributed by atoms with Crippen molar-refractivity contribution in [3.05, 3.63) is 23.7 Å². The third-order valence-electron chi connectivity index (χ3n) is 3.91. The number of hydrogen-bond acceptors (Lipinski definition) is 3. The molecule has 2 fully saturated rings. The average molecular weight is 262 g/mol. The number of hydrogen-bond donors (Lipinski definition) is 1. The minimum atomic E-state index is -0.334. The molecule has 2 unspecified atom stereocenters. The summed E-state index contributed by atoms with van der Waals surface area (Å²) >= 11 is 0. The van der Waals surface area contributed by atoms with E-state index in [0.717, 1.165) is 24.4 Å². The Balaban J connectivity index is 1.81. The van der Waals surface area contributed by atoms with Crippen LogP contribution in [-0.2, 0) is 9.59 Å².